The average molecular weight is 301 g/mol. The molecule has 0 aromatic heterocycles. The Hall–Kier alpha value is -1.87. The lowest BCUT2D eigenvalue weighted by atomic mass is 10.1. The van der Waals surface area contributed by atoms with E-state index in [2.05, 4.69) is 0 Å². The first-order valence-corrected chi connectivity index (χ1v) is 6.12. The molecule has 0 fully saturated rings. The second kappa shape index (κ2) is 7.79. The van der Waals surface area contributed by atoms with Crippen molar-refractivity contribution < 1.29 is 34.8 Å². The topological polar surface area (TPSA) is 120 Å². The Morgan fingerprint density at radius 1 is 1.29 bits per heavy atom. The molecule has 8 nitrogen and oxygen atoms in total. The minimum Gasteiger partial charge on any atom is -0.497 e. The van der Waals surface area contributed by atoms with Crippen molar-refractivity contribution >= 4 is 5.91 Å². The zero-order chi connectivity index (χ0) is 16.0. The number of carbonyl (C=O) groups is 1. The average Bonchev–Trinajstić information content (AvgIpc) is 2.52. The van der Waals surface area contributed by atoms with Gasteiger partial charge in [-0.05, 0) is 12.1 Å². The molecule has 0 spiro atoms. The molecule has 0 heterocycles. The number of hydroxylamine groups is 2. The van der Waals surface area contributed by atoms with Gasteiger partial charge in [0.05, 0.1) is 27.4 Å². The van der Waals surface area contributed by atoms with E-state index in [0.29, 0.717) is 17.1 Å². The van der Waals surface area contributed by atoms with Gasteiger partial charge >= 0.3 is 0 Å². The number of carbonyl (C=O) groups excluding carboxylic acids is 1. The summed E-state index contributed by atoms with van der Waals surface area (Å²) in [7, 11) is 2.91. The van der Waals surface area contributed by atoms with Crippen molar-refractivity contribution in [1.29, 1.82) is 0 Å². The van der Waals surface area contributed by atoms with Crippen molar-refractivity contribution in [2.75, 3.05) is 20.8 Å². The Labute approximate surface area is 121 Å². The van der Waals surface area contributed by atoms with Crippen LogP contribution in [0.5, 0.6) is 11.5 Å². The van der Waals surface area contributed by atoms with Gasteiger partial charge in [-0.1, -0.05) is 0 Å². The molecule has 0 aliphatic rings. The molecule has 1 aromatic rings. The lowest BCUT2D eigenvalue weighted by molar-refractivity contribution is -0.184. The first-order valence-electron chi connectivity index (χ1n) is 6.12. The maximum Gasteiger partial charge on any atom is 0.277 e. The fraction of sp³-hybridized carbons (Fsp3) is 0.462. The van der Waals surface area contributed by atoms with Gasteiger partial charge in [0.25, 0.3) is 5.91 Å². The number of methoxy groups -OCH3 is 2. The van der Waals surface area contributed by atoms with E-state index < -0.39 is 24.7 Å². The predicted molar refractivity (Wildman–Crippen MR) is 71.0 cm³/mol. The van der Waals surface area contributed by atoms with Gasteiger partial charge in [0, 0.05) is 11.6 Å². The van der Waals surface area contributed by atoms with Crippen LogP contribution >= 0.6 is 0 Å². The van der Waals surface area contributed by atoms with Gasteiger partial charge in [-0.15, -0.1) is 0 Å². The van der Waals surface area contributed by atoms with Crippen LogP contribution in [0.3, 0.4) is 0 Å². The zero-order valence-corrected chi connectivity index (χ0v) is 11.8. The van der Waals surface area contributed by atoms with Gasteiger partial charge < -0.3 is 24.8 Å². The number of aliphatic hydroxyl groups excluding tert-OH is 3. The molecular formula is C13H19NO7. The van der Waals surface area contributed by atoms with E-state index in [-0.39, 0.29) is 11.6 Å². The van der Waals surface area contributed by atoms with E-state index in [1.54, 1.807) is 18.2 Å². The van der Waals surface area contributed by atoms with Crippen LogP contribution in [0, 0.1) is 0 Å². The van der Waals surface area contributed by atoms with Crippen LogP contribution in [0.15, 0.2) is 18.2 Å². The second-order valence-corrected chi connectivity index (χ2v) is 4.27. The van der Waals surface area contributed by atoms with Gasteiger partial charge in [0.1, 0.15) is 17.6 Å². The summed E-state index contributed by atoms with van der Waals surface area (Å²) in [5.74, 6) is -0.199. The summed E-state index contributed by atoms with van der Waals surface area (Å²) in [6, 6.07) is 4.78. The van der Waals surface area contributed by atoms with Gasteiger partial charge in [-0.3, -0.25) is 10.0 Å². The first-order chi connectivity index (χ1) is 9.94. The molecule has 2 atom stereocenters. The monoisotopic (exact) mass is 301 g/mol. The van der Waals surface area contributed by atoms with Gasteiger partial charge in [0.15, 0.2) is 6.10 Å². The second-order valence-electron chi connectivity index (χ2n) is 4.27. The maximum atomic E-state index is 11.7. The summed E-state index contributed by atoms with van der Waals surface area (Å²) >= 11 is 0. The Morgan fingerprint density at radius 2 is 1.95 bits per heavy atom. The molecule has 0 saturated heterocycles. The zero-order valence-electron chi connectivity index (χ0n) is 11.8. The molecule has 1 rings (SSSR count). The van der Waals surface area contributed by atoms with Crippen molar-refractivity contribution in [1.82, 2.24) is 5.06 Å². The molecule has 0 aliphatic carbocycles. The van der Waals surface area contributed by atoms with E-state index in [4.69, 9.17) is 14.6 Å². The number of ether oxygens (including phenoxy) is 2. The highest BCUT2D eigenvalue weighted by atomic mass is 16.5. The third kappa shape index (κ3) is 4.30. The Morgan fingerprint density at radius 3 is 2.48 bits per heavy atom. The van der Waals surface area contributed by atoms with Crippen molar-refractivity contribution in [3.8, 4) is 11.5 Å². The number of hydrogen-bond acceptors (Lipinski definition) is 7. The maximum absolute atomic E-state index is 11.7. The molecule has 4 N–H and O–H groups in total. The molecule has 0 radical (unpaired) electrons. The molecule has 0 aliphatic heterocycles. The molecule has 0 saturated carbocycles. The highest BCUT2D eigenvalue weighted by Crippen LogP contribution is 2.25. The highest BCUT2D eigenvalue weighted by Gasteiger charge is 2.28. The van der Waals surface area contributed by atoms with Crippen LogP contribution in [0.2, 0.25) is 0 Å². The summed E-state index contributed by atoms with van der Waals surface area (Å²) < 4.78 is 10.1. The molecule has 0 bridgehead atoms. The SMILES string of the molecule is COc1ccc(CN(O)C(=O)[C@H](O)[C@H](O)CO)c(OC)c1. The van der Waals surface area contributed by atoms with Crippen molar-refractivity contribution in [3.63, 3.8) is 0 Å². The van der Waals surface area contributed by atoms with Gasteiger partial charge in [-0.2, -0.15) is 0 Å². The molecule has 0 unspecified atom stereocenters. The number of aliphatic hydroxyl groups is 3. The quantitative estimate of drug-likeness (QED) is 0.382. The number of amides is 1. The number of rotatable bonds is 7. The first kappa shape index (κ1) is 17.2. The standard InChI is InChI=1S/C13H19NO7/c1-20-9-4-3-8(11(5-9)21-2)6-14(19)13(18)12(17)10(16)7-15/h3-5,10,12,15-17,19H,6-7H2,1-2H3/t10-,12-/m1/s1. The Bertz CT molecular complexity index is 480. The van der Waals surface area contributed by atoms with E-state index in [9.17, 15) is 20.2 Å². The van der Waals surface area contributed by atoms with E-state index >= 15 is 0 Å². The van der Waals surface area contributed by atoms with E-state index in [1.807, 2.05) is 0 Å². The third-order valence-electron chi connectivity index (χ3n) is 2.87. The van der Waals surface area contributed by atoms with E-state index in [1.165, 1.54) is 14.2 Å². The molecule has 8 heteroatoms. The third-order valence-corrected chi connectivity index (χ3v) is 2.87. The van der Waals surface area contributed by atoms with Crippen molar-refractivity contribution in [3.05, 3.63) is 23.8 Å². The minimum absolute atomic E-state index is 0.244. The summed E-state index contributed by atoms with van der Waals surface area (Å²) in [5, 5.41) is 37.2. The smallest absolute Gasteiger partial charge is 0.277 e. The Kier molecular flexibility index (Phi) is 6.38. The van der Waals surface area contributed by atoms with Crippen molar-refractivity contribution in [2.24, 2.45) is 0 Å². The van der Waals surface area contributed by atoms with Crippen LogP contribution in [-0.4, -0.2) is 64.5 Å². The molecular weight excluding hydrogens is 282 g/mol. The fourth-order valence-corrected chi connectivity index (χ4v) is 1.64. The highest BCUT2D eigenvalue weighted by molar-refractivity contribution is 5.80. The fourth-order valence-electron chi connectivity index (χ4n) is 1.64. The van der Waals surface area contributed by atoms with E-state index in [0.717, 1.165) is 0 Å². The van der Waals surface area contributed by atoms with Crippen LogP contribution in [0.1, 0.15) is 5.56 Å². The minimum atomic E-state index is -1.91. The number of benzene rings is 1. The summed E-state index contributed by atoms with van der Waals surface area (Å²) in [6.45, 7) is -1.06. The normalized spacial score (nSPS) is 13.4. The number of nitrogens with zero attached hydrogens (tertiary/aromatic N) is 1. The lowest BCUT2D eigenvalue weighted by Crippen LogP contribution is -2.44. The molecule has 21 heavy (non-hydrogen) atoms. The summed E-state index contributed by atoms with van der Waals surface area (Å²) in [5.41, 5.74) is 0.472. The van der Waals surface area contributed by atoms with Gasteiger partial charge in [-0.25, -0.2) is 5.06 Å². The largest absolute Gasteiger partial charge is 0.497 e. The van der Waals surface area contributed by atoms with Crippen LogP contribution < -0.4 is 9.47 Å². The molecule has 118 valence electrons. The van der Waals surface area contributed by atoms with Gasteiger partial charge in [0.2, 0.25) is 0 Å². The lowest BCUT2D eigenvalue weighted by Gasteiger charge is -2.22. The van der Waals surface area contributed by atoms with Crippen LogP contribution in [-0.2, 0) is 11.3 Å². The van der Waals surface area contributed by atoms with Crippen LogP contribution in [0.25, 0.3) is 0 Å². The summed E-state index contributed by atoms with van der Waals surface area (Å²) in [4.78, 5) is 11.7. The van der Waals surface area contributed by atoms with Crippen LogP contribution in [0.4, 0.5) is 0 Å². The number of hydrogen-bond donors (Lipinski definition) is 4. The Balaban J connectivity index is 2.83. The summed E-state index contributed by atoms with van der Waals surface area (Å²) in [6.07, 6.45) is -3.57. The predicted octanol–water partition coefficient (Wildman–Crippen LogP) is -0.864. The molecule has 1 amide bonds. The van der Waals surface area contributed by atoms with Crippen molar-refractivity contribution in [2.45, 2.75) is 18.8 Å². The molecule has 1 aromatic carbocycles.